The van der Waals surface area contributed by atoms with Crippen molar-refractivity contribution in [2.24, 2.45) is 11.8 Å². The van der Waals surface area contributed by atoms with Crippen molar-refractivity contribution in [1.29, 1.82) is 0 Å². The van der Waals surface area contributed by atoms with E-state index in [1.165, 1.54) is 28.6 Å². The largest absolute Gasteiger partial charge is 0.326 e. The van der Waals surface area contributed by atoms with Crippen molar-refractivity contribution >= 4 is 76.1 Å². The van der Waals surface area contributed by atoms with Crippen LogP contribution in [0.4, 0.5) is 20.2 Å². The van der Waals surface area contributed by atoms with Gasteiger partial charge in [-0.05, 0) is 68.6 Å². The summed E-state index contributed by atoms with van der Waals surface area (Å²) in [5, 5.41) is 8.50. The predicted octanol–water partition coefficient (Wildman–Crippen LogP) is 5.33. The first-order valence-electron chi connectivity index (χ1n) is 13.0. The second kappa shape index (κ2) is 18.2. The molecule has 0 aliphatic carbocycles. The molecule has 2 heterocycles. The number of benzene rings is 2. The van der Waals surface area contributed by atoms with Crippen LogP contribution in [-0.2, 0) is 28.7 Å². The monoisotopic (exact) mass is 720 g/mol. The molecule has 10 nitrogen and oxygen atoms in total. The van der Waals surface area contributed by atoms with Gasteiger partial charge in [-0.1, -0.05) is 30.6 Å². The summed E-state index contributed by atoms with van der Waals surface area (Å²) in [6.45, 7) is 2.22. The zero-order valence-electron chi connectivity index (χ0n) is 23.4. The molecule has 0 spiro atoms. The molecule has 2 atom stereocenters. The highest BCUT2D eigenvalue weighted by Gasteiger charge is 2.30. The van der Waals surface area contributed by atoms with Gasteiger partial charge in [0, 0.05) is 41.7 Å². The van der Waals surface area contributed by atoms with Crippen LogP contribution in [0.25, 0.3) is 0 Å². The normalized spacial score (nSPS) is 18.7. The molecule has 3 N–H and O–H groups in total. The lowest BCUT2D eigenvalue weighted by Crippen LogP contribution is -2.43. The molecule has 2 fully saturated rings. The topological polar surface area (TPSA) is 142 Å². The zero-order valence-corrected chi connectivity index (χ0v) is 27.3. The highest BCUT2D eigenvalue weighted by Crippen LogP contribution is 2.23. The van der Waals surface area contributed by atoms with Crippen molar-refractivity contribution < 1.29 is 35.2 Å². The Kier molecular flexibility index (Phi) is 16.5. The van der Waals surface area contributed by atoms with Gasteiger partial charge in [0.25, 0.3) is 0 Å². The minimum absolute atomic E-state index is 0. The maximum Gasteiger partial charge on any atom is 0.229 e. The Balaban J connectivity index is 0.000000380. The maximum atomic E-state index is 13.3. The van der Waals surface area contributed by atoms with Crippen molar-refractivity contribution in [2.75, 3.05) is 49.3 Å². The number of sulfonamides is 1. The van der Waals surface area contributed by atoms with E-state index in [0.29, 0.717) is 37.3 Å². The molecular weight excluding hydrogens is 685 g/mol. The van der Waals surface area contributed by atoms with E-state index in [1.807, 2.05) is 0 Å². The van der Waals surface area contributed by atoms with Crippen molar-refractivity contribution in [3.8, 4) is 0 Å². The summed E-state index contributed by atoms with van der Waals surface area (Å²) in [4.78, 5) is 24.0. The molecule has 17 heteroatoms. The predicted molar refractivity (Wildman–Crippen MR) is 172 cm³/mol. The zero-order chi connectivity index (χ0) is 32.4. The van der Waals surface area contributed by atoms with Gasteiger partial charge in [-0.25, -0.2) is 29.9 Å². The fraction of sp³-hybridized carbons (Fsp3) is 0.481. The van der Waals surface area contributed by atoms with Crippen LogP contribution in [0.3, 0.4) is 0 Å². The lowest BCUT2D eigenvalue weighted by Gasteiger charge is -2.30. The quantitative estimate of drug-likeness (QED) is 0.355. The summed E-state index contributed by atoms with van der Waals surface area (Å²) in [6, 6.07) is 8.26. The van der Waals surface area contributed by atoms with Crippen LogP contribution in [0, 0.1) is 23.5 Å². The van der Waals surface area contributed by atoms with Crippen molar-refractivity contribution in [3.05, 3.63) is 58.1 Å². The third-order valence-electron chi connectivity index (χ3n) is 6.27. The Labute approximate surface area is 272 Å². The second-order valence-electron chi connectivity index (χ2n) is 9.92. The number of hydrogen-bond donors (Lipinski definition) is 3. The summed E-state index contributed by atoms with van der Waals surface area (Å²) >= 11 is 11.1. The van der Waals surface area contributed by atoms with Gasteiger partial charge in [-0.3, -0.25) is 9.59 Å². The molecule has 2 aliphatic rings. The van der Waals surface area contributed by atoms with Gasteiger partial charge in [0.05, 0.1) is 34.4 Å². The van der Waals surface area contributed by atoms with E-state index in [4.69, 9.17) is 23.2 Å². The van der Waals surface area contributed by atoms with E-state index in [1.54, 1.807) is 6.07 Å². The van der Waals surface area contributed by atoms with Gasteiger partial charge >= 0.3 is 0 Å². The minimum atomic E-state index is -3.30. The van der Waals surface area contributed by atoms with E-state index >= 15 is 0 Å². The average Bonchev–Trinajstić information content (AvgIpc) is 2.92. The lowest BCUT2D eigenvalue weighted by atomic mass is 9.99. The second-order valence-corrected chi connectivity index (χ2v) is 15.8. The van der Waals surface area contributed by atoms with Gasteiger partial charge in [0.15, 0.2) is 0 Å². The first kappa shape index (κ1) is 40.0. The number of nitrogens with one attached hydrogen (secondary N) is 3. The van der Waals surface area contributed by atoms with E-state index in [-0.39, 0.29) is 41.7 Å². The third kappa shape index (κ3) is 14.8. The summed E-state index contributed by atoms with van der Waals surface area (Å²) in [7, 11) is -1.99. The van der Waals surface area contributed by atoms with Crippen LogP contribution < -0.4 is 16.0 Å². The highest BCUT2D eigenvalue weighted by molar-refractivity contribution is 8.13. The Hall–Kier alpha value is -2.07. The first-order valence-corrected chi connectivity index (χ1v) is 18.3. The number of nitrogens with zero attached hydrogens (tertiary/aromatic N) is 1. The highest BCUT2D eigenvalue weighted by atomic mass is 35.7. The smallest absolute Gasteiger partial charge is 0.229 e. The molecule has 2 unspecified atom stereocenters. The van der Waals surface area contributed by atoms with Gasteiger partial charge in [-0.15, -0.1) is 0 Å². The molecular formula is C27H37Cl3F2N4O6S2. The SMILES string of the molecule is C.CS(=O)(=O)Cl.CS(=O)(=O)N1CCCC(C(=O)Nc2ccc(Cl)c(F)c2)C1.O=C(Nc1ccc(Cl)c(F)c1)C1CCCNC1. The number of carbonyl (C=O) groups excluding carboxylic acids is 2. The van der Waals surface area contributed by atoms with E-state index in [0.717, 1.165) is 38.0 Å². The molecule has 4 rings (SSSR count). The molecule has 2 amide bonds. The van der Waals surface area contributed by atoms with E-state index < -0.39 is 36.6 Å². The number of carbonyl (C=O) groups is 2. The molecule has 0 saturated carbocycles. The molecule has 248 valence electrons. The van der Waals surface area contributed by atoms with Crippen LogP contribution in [0.5, 0.6) is 0 Å². The molecule has 2 aromatic rings. The molecule has 2 aliphatic heterocycles. The summed E-state index contributed by atoms with van der Waals surface area (Å²) in [6.07, 6.45) is 5.15. The Bertz CT molecular complexity index is 1490. The fourth-order valence-electron chi connectivity index (χ4n) is 4.17. The number of rotatable bonds is 5. The Morgan fingerprint density at radius 1 is 0.864 bits per heavy atom. The lowest BCUT2D eigenvalue weighted by molar-refractivity contribution is -0.121. The number of hydrogen-bond acceptors (Lipinski definition) is 7. The Morgan fingerprint density at radius 3 is 1.73 bits per heavy atom. The van der Waals surface area contributed by atoms with E-state index in [9.17, 15) is 35.2 Å². The van der Waals surface area contributed by atoms with Gasteiger partial charge in [0.2, 0.25) is 30.9 Å². The molecule has 0 bridgehead atoms. The van der Waals surface area contributed by atoms with E-state index in [2.05, 4.69) is 26.6 Å². The average molecular weight is 722 g/mol. The minimum Gasteiger partial charge on any atom is -0.326 e. The molecule has 0 aromatic heterocycles. The number of piperidine rings is 2. The number of amides is 2. The van der Waals surface area contributed by atoms with Crippen LogP contribution in [-0.4, -0.2) is 71.6 Å². The summed E-state index contributed by atoms with van der Waals surface area (Å²) in [5.74, 6) is -2.00. The summed E-state index contributed by atoms with van der Waals surface area (Å²) < 4.78 is 69.6. The third-order valence-corrected chi connectivity index (χ3v) is 8.15. The van der Waals surface area contributed by atoms with Gasteiger partial charge in [0.1, 0.15) is 11.6 Å². The van der Waals surface area contributed by atoms with Crippen LogP contribution >= 0.6 is 33.9 Å². The standard InChI is InChI=1S/C13H16ClFN2O3S.C12H14ClFN2O.CH3ClO2S.CH4/c1-21(19,20)17-6-2-3-9(8-17)13(18)16-10-4-5-11(14)12(15)7-10;13-10-4-3-9(6-11(10)14)16-12(17)8-2-1-5-15-7-8;1-5(2,3)4;/h4-5,7,9H,2-3,6,8H2,1H3,(H,16,18);3-4,6,8,15H,1-2,5,7H2,(H,16,17);1H3;1H4. The van der Waals surface area contributed by atoms with Crippen LogP contribution in [0.2, 0.25) is 10.0 Å². The maximum absolute atomic E-state index is 13.3. The first-order chi connectivity index (χ1) is 19.9. The molecule has 0 radical (unpaired) electrons. The fourth-order valence-corrected chi connectivity index (χ4v) is 5.32. The number of halogens is 5. The van der Waals surface area contributed by atoms with Crippen molar-refractivity contribution in [2.45, 2.75) is 33.1 Å². The van der Waals surface area contributed by atoms with Crippen molar-refractivity contribution in [3.63, 3.8) is 0 Å². The Morgan fingerprint density at radius 2 is 1.32 bits per heavy atom. The van der Waals surface area contributed by atoms with Crippen molar-refractivity contribution in [1.82, 2.24) is 9.62 Å². The number of anilines is 2. The van der Waals surface area contributed by atoms with Gasteiger partial charge in [-0.2, -0.15) is 0 Å². The molecule has 2 aromatic carbocycles. The van der Waals surface area contributed by atoms with Crippen LogP contribution in [0.15, 0.2) is 36.4 Å². The van der Waals surface area contributed by atoms with Gasteiger partial charge < -0.3 is 16.0 Å². The molecule has 2 saturated heterocycles. The summed E-state index contributed by atoms with van der Waals surface area (Å²) in [5.41, 5.74) is 0.751. The molecule has 44 heavy (non-hydrogen) atoms. The van der Waals surface area contributed by atoms with Crippen LogP contribution in [0.1, 0.15) is 33.1 Å².